The average Bonchev–Trinajstić information content (AvgIpc) is 3.53. The van der Waals surface area contributed by atoms with E-state index in [1.807, 2.05) is 17.5 Å². The number of aromatic nitrogens is 1. The summed E-state index contributed by atoms with van der Waals surface area (Å²) < 4.78 is 11.1. The maximum Gasteiger partial charge on any atom is 0.277 e. The summed E-state index contributed by atoms with van der Waals surface area (Å²) in [4.78, 5) is 26.9. The molecule has 0 bridgehead atoms. The Morgan fingerprint density at radius 1 is 1.00 bits per heavy atom. The number of ketones is 1. The summed E-state index contributed by atoms with van der Waals surface area (Å²) in [6.07, 6.45) is 0. The number of fused-ring (bicyclic) bond motifs is 1. The zero-order chi connectivity index (χ0) is 21.4. The number of carbonyl (C=O) groups excluding carboxylic acids is 2. The van der Waals surface area contributed by atoms with Gasteiger partial charge in [-0.25, -0.2) is 0 Å². The van der Waals surface area contributed by atoms with Gasteiger partial charge in [0.15, 0.2) is 17.2 Å². The molecule has 0 saturated heterocycles. The predicted octanol–water partition coefficient (Wildman–Crippen LogP) is 6.29. The highest BCUT2D eigenvalue weighted by Gasteiger charge is 2.25. The first kappa shape index (κ1) is 19.3. The second kappa shape index (κ2) is 7.86. The fourth-order valence-corrected chi connectivity index (χ4v) is 3.96. The van der Waals surface area contributed by atoms with E-state index in [4.69, 9.17) is 20.5 Å². The van der Waals surface area contributed by atoms with Crippen LogP contribution < -0.4 is 5.32 Å². The maximum absolute atomic E-state index is 13.1. The molecule has 0 aliphatic rings. The van der Waals surface area contributed by atoms with E-state index in [0.717, 1.165) is 4.88 Å². The number of rotatable bonds is 5. The number of nitrogens with one attached hydrogen (secondary N) is 1. The van der Waals surface area contributed by atoms with Crippen LogP contribution in [0.3, 0.4) is 0 Å². The fourth-order valence-electron chi connectivity index (χ4n) is 3.16. The van der Waals surface area contributed by atoms with Crippen LogP contribution in [0.1, 0.15) is 26.6 Å². The first-order chi connectivity index (χ1) is 15.1. The van der Waals surface area contributed by atoms with E-state index in [2.05, 4.69) is 10.5 Å². The number of hydrogen-bond acceptors (Lipinski definition) is 6. The molecule has 6 nitrogen and oxygen atoms in total. The molecule has 31 heavy (non-hydrogen) atoms. The number of para-hydroxylation sites is 1. The van der Waals surface area contributed by atoms with Gasteiger partial charge in [0.1, 0.15) is 5.58 Å². The highest BCUT2D eigenvalue weighted by atomic mass is 35.5. The molecule has 0 aliphatic carbocycles. The second-order valence-corrected chi connectivity index (χ2v) is 8.03. The van der Waals surface area contributed by atoms with Crippen molar-refractivity contribution in [3.63, 3.8) is 0 Å². The van der Waals surface area contributed by atoms with E-state index < -0.39 is 5.91 Å². The van der Waals surface area contributed by atoms with Gasteiger partial charge in [0.25, 0.3) is 5.91 Å². The van der Waals surface area contributed by atoms with Crippen LogP contribution in [0, 0.1) is 0 Å². The molecule has 0 atom stereocenters. The lowest BCUT2D eigenvalue weighted by atomic mass is 10.1. The van der Waals surface area contributed by atoms with Crippen LogP contribution in [0.2, 0.25) is 5.02 Å². The molecule has 0 aliphatic heterocycles. The van der Waals surface area contributed by atoms with E-state index >= 15 is 0 Å². The van der Waals surface area contributed by atoms with E-state index in [1.165, 1.54) is 11.3 Å². The number of furan rings is 1. The van der Waals surface area contributed by atoms with Gasteiger partial charge in [0.05, 0.1) is 10.6 Å². The number of halogens is 1. The number of thiophene rings is 1. The fraction of sp³-hybridized carbons (Fsp3) is 0. The quantitative estimate of drug-likeness (QED) is 0.319. The second-order valence-electron chi connectivity index (χ2n) is 6.65. The molecule has 0 radical (unpaired) electrons. The van der Waals surface area contributed by atoms with Gasteiger partial charge < -0.3 is 14.3 Å². The van der Waals surface area contributed by atoms with Crippen molar-refractivity contribution in [2.75, 3.05) is 5.32 Å². The first-order valence-corrected chi connectivity index (χ1v) is 10.5. The van der Waals surface area contributed by atoms with Crippen LogP contribution in [-0.2, 0) is 0 Å². The highest BCUT2D eigenvalue weighted by Crippen LogP contribution is 2.33. The molecule has 0 saturated carbocycles. The van der Waals surface area contributed by atoms with Gasteiger partial charge in [0, 0.05) is 22.0 Å². The number of anilines is 1. The molecule has 0 fully saturated rings. The molecular formula is C23H13ClN2O4S. The maximum atomic E-state index is 13.1. The summed E-state index contributed by atoms with van der Waals surface area (Å²) in [6.45, 7) is 0. The van der Waals surface area contributed by atoms with Gasteiger partial charge >= 0.3 is 0 Å². The zero-order valence-corrected chi connectivity index (χ0v) is 17.4. The summed E-state index contributed by atoms with van der Waals surface area (Å²) in [5.74, 6) is -0.362. The molecule has 5 aromatic rings. The Balaban J connectivity index is 1.51. The monoisotopic (exact) mass is 448 g/mol. The summed E-state index contributed by atoms with van der Waals surface area (Å²) >= 11 is 7.41. The Morgan fingerprint density at radius 3 is 2.58 bits per heavy atom. The molecule has 1 amide bonds. The molecule has 0 spiro atoms. The van der Waals surface area contributed by atoms with Crippen molar-refractivity contribution >= 4 is 51.3 Å². The number of nitrogens with zero attached hydrogens (tertiary/aromatic N) is 1. The summed E-state index contributed by atoms with van der Waals surface area (Å²) in [5.41, 5.74) is 1.25. The van der Waals surface area contributed by atoms with Crippen molar-refractivity contribution in [3.8, 4) is 10.6 Å². The van der Waals surface area contributed by atoms with Crippen molar-refractivity contribution in [2.24, 2.45) is 0 Å². The summed E-state index contributed by atoms with van der Waals surface area (Å²) in [7, 11) is 0. The normalized spacial score (nSPS) is 11.0. The Bertz CT molecular complexity index is 1400. The minimum absolute atomic E-state index is 0.0267. The number of carbonyl (C=O) groups is 2. The van der Waals surface area contributed by atoms with E-state index in [1.54, 1.807) is 54.6 Å². The molecule has 152 valence electrons. The molecule has 3 heterocycles. The molecular weight excluding hydrogens is 436 g/mol. The lowest BCUT2D eigenvalue weighted by Gasteiger charge is -2.04. The van der Waals surface area contributed by atoms with Crippen LogP contribution in [0.5, 0.6) is 0 Å². The SMILES string of the molecule is O=C(Nc1c(C(=O)c2ccc(Cl)cc2)oc2ccccc12)c1cc(-c2cccs2)on1. The van der Waals surface area contributed by atoms with E-state index in [-0.39, 0.29) is 22.9 Å². The van der Waals surface area contributed by atoms with Crippen molar-refractivity contribution < 1.29 is 18.5 Å². The van der Waals surface area contributed by atoms with Crippen LogP contribution in [0.4, 0.5) is 5.69 Å². The standard InChI is InChI=1S/C23H13ClN2O4S/c24-14-9-7-13(8-10-14)21(27)22-20(15-4-1-2-5-17(15)29-22)25-23(28)16-12-18(30-26-16)19-6-3-11-31-19/h1-12H,(H,25,28). The summed E-state index contributed by atoms with van der Waals surface area (Å²) in [5, 5.41) is 9.67. The summed E-state index contributed by atoms with van der Waals surface area (Å²) in [6, 6.07) is 18.9. The largest absolute Gasteiger partial charge is 0.450 e. The average molecular weight is 449 g/mol. The number of hydrogen-bond donors (Lipinski definition) is 1. The lowest BCUT2D eigenvalue weighted by Crippen LogP contribution is -2.14. The zero-order valence-electron chi connectivity index (χ0n) is 15.8. The molecule has 8 heteroatoms. The van der Waals surface area contributed by atoms with Crippen molar-refractivity contribution in [2.45, 2.75) is 0 Å². The van der Waals surface area contributed by atoms with Gasteiger partial charge in [-0.05, 0) is 47.8 Å². The molecule has 2 aromatic carbocycles. The van der Waals surface area contributed by atoms with E-state index in [9.17, 15) is 9.59 Å². The van der Waals surface area contributed by atoms with Crippen molar-refractivity contribution in [1.29, 1.82) is 0 Å². The Morgan fingerprint density at radius 2 is 1.81 bits per heavy atom. The minimum atomic E-state index is -0.511. The third-order valence-electron chi connectivity index (χ3n) is 4.65. The first-order valence-electron chi connectivity index (χ1n) is 9.24. The third kappa shape index (κ3) is 3.65. The van der Waals surface area contributed by atoms with Gasteiger partial charge in [-0.3, -0.25) is 9.59 Å². The Kier molecular flexibility index (Phi) is 4.89. The van der Waals surface area contributed by atoms with Crippen LogP contribution >= 0.6 is 22.9 Å². The Hall–Kier alpha value is -3.68. The van der Waals surface area contributed by atoms with Crippen LogP contribution in [0.25, 0.3) is 21.6 Å². The number of amides is 1. The Labute approximate surface area is 185 Å². The smallest absolute Gasteiger partial charge is 0.277 e. The molecule has 5 rings (SSSR count). The molecule has 1 N–H and O–H groups in total. The van der Waals surface area contributed by atoms with Crippen molar-refractivity contribution in [1.82, 2.24) is 5.16 Å². The predicted molar refractivity (Wildman–Crippen MR) is 119 cm³/mol. The molecule has 3 aromatic heterocycles. The van der Waals surface area contributed by atoms with Crippen LogP contribution in [-0.4, -0.2) is 16.8 Å². The van der Waals surface area contributed by atoms with E-state index in [0.29, 0.717) is 27.3 Å². The van der Waals surface area contributed by atoms with Gasteiger partial charge in [-0.15, -0.1) is 11.3 Å². The minimum Gasteiger partial charge on any atom is -0.450 e. The number of benzene rings is 2. The van der Waals surface area contributed by atoms with Gasteiger partial charge in [-0.2, -0.15) is 0 Å². The van der Waals surface area contributed by atoms with Gasteiger partial charge in [-0.1, -0.05) is 35.0 Å². The third-order valence-corrected chi connectivity index (χ3v) is 5.79. The van der Waals surface area contributed by atoms with Crippen LogP contribution in [0.15, 0.2) is 81.1 Å². The lowest BCUT2D eigenvalue weighted by molar-refractivity contribution is 0.101. The molecule has 0 unspecified atom stereocenters. The van der Waals surface area contributed by atoms with Crippen molar-refractivity contribution in [3.05, 3.63) is 94.2 Å². The highest BCUT2D eigenvalue weighted by molar-refractivity contribution is 7.13. The van der Waals surface area contributed by atoms with Gasteiger partial charge in [0.2, 0.25) is 5.78 Å². The topological polar surface area (TPSA) is 85.3 Å².